The Morgan fingerprint density at radius 1 is 1.21 bits per heavy atom. The molecular weight excluding hydrogens is 430 g/mol. The lowest BCUT2D eigenvalue weighted by Gasteiger charge is -2.09. The van der Waals surface area contributed by atoms with Crippen LogP contribution in [0.5, 0.6) is 0 Å². The first-order valence-corrected chi connectivity index (χ1v) is 11.1. The van der Waals surface area contributed by atoms with Crippen molar-refractivity contribution < 1.29 is 0 Å². The van der Waals surface area contributed by atoms with Crippen LogP contribution in [0.15, 0.2) is 58.5 Å². The lowest BCUT2D eigenvalue weighted by Crippen LogP contribution is -2.19. The molecule has 0 atom stereocenters. The molecule has 0 bridgehead atoms. The van der Waals surface area contributed by atoms with Crippen molar-refractivity contribution in [2.45, 2.75) is 17.8 Å². The van der Waals surface area contributed by atoms with Gasteiger partial charge in [-0.05, 0) is 49.0 Å². The average Bonchev–Trinajstić information content (AvgIpc) is 3.00. The number of rotatable bonds is 4. The van der Waals surface area contributed by atoms with Gasteiger partial charge in [0, 0.05) is 23.5 Å². The van der Waals surface area contributed by atoms with E-state index in [-0.39, 0.29) is 5.56 Å². The van der Waals surface area contributed by atoms with E-state index in [4.69, 9.17) is 28.8 Å². The molecule has 2 aromatic heterocycles. The molecule has 2 aromatic carbocycles. The number of thioether (sulfide) groups is 1. The van der Waals surface area contributed by atoms with Crippen LogP contribution in [0, 0.1) is 10.9 Å². The predicted octanol–water partition coefficient (Wildman–Crippen LogP) is 5.77. The number of hydrogen-bond donors (Lipinski definition) is 0. The quantitative estimate of drug-likeness (QED) is 0.227. The highest BCUT2D eigenvalue weighted by Crippen LogP contribution is 2.27. The van der Waals surface area contributed by atoms with E-state index < -0.39 is 0 Å². The Kier molecular flexibility index (Phi) is 5.42. The van der Waals surface area contributed by atoms with E-state index in [0.717, 1.165) is 11.4 Å². The van der Waals surface area contributed by atoms with Gasteiger partial charge in [-0.25, -0.2) is 4.98 Å². The molecule has 0 N–H and O–H groups in total. The van der Waals surface area contributed by atoms with Gasteiger partial charge in [0.1, 0.15) is 4.70 Å². The average molecular weight is 446 g/mol. The number of hydrogen-bond acceptors (Lipinski definition) is 5. The van der Waals surface area contributed by atoms with E-state index in [2.05, 4.69) is 25.1 Å². The van der Waals surface area contributed by atoms with Crippen LogP contribution in [0.2, 0.25) is 5.02 Å². The monoisotopic (exact) mass is 445 g/mol. The standard InChI is InChI=1S/C20H16ClN3OS3/c1-12-4-3-5-13(10-12)11-27-19-22-17-16(18(25)23(19)2)28-20(26)24(17)15-8-6-14(21)7-9-15/h3-10H,11H2,1-2H3. The second-order valence-electron chi connectivity index (χ2n) is 6.37. The van der Waals surface area contributed by atoms with Gasteiger partial charge in [-0.3, -0.25) is 13.9 Å². The van der Waals surface area contributed by atoms with Gasteiger partial charge < -0.3 is 0 Å². The Balaban J connectivity index is 1.81. The summed E-state index contributed by atoms with van der Waals surface area (Å²) < 4.78 is 4.58. The molecule has 0 fully saturated rings. The molecule has 4 aromatic rings. The molecule has 142 valence electrons. The van der Waals surface area contributed by atoms with Crippen LogP contribution in [-0.2, 0) is 12.8 Å². The molecule has 0 saturated carbocycles. The van der Waals surface area contributed by atoms with Gasteiger partial charge in [0.15, 0.2) is 14.8 Å². The third kappa shape index (κ3) is 3.67. The number of halogens is 1. The molecule has 2 heterocycles. The number of aryl methyl sites for hydroxylation is 1. The summed E-state index contributed by atoms with van der Waals surface area (Å²) in [4.78, 5) is 17.7. The Hall–Kier alpha value is -1.93. The van der Waals surface area contributed by atoms with E-state index >= 15 is 0 Å². The molecule has 0 radical (unpaired) electrons. The summed E-state index contributed by atoms with van der Waals surface area (Å²) in [6.45, 7) is 2.07. The molecule has 28 heavy (non-hydrogen) atoms. The van der Waals surface area contributed by atoms with Gasteiger partial charge in [-0.1, -0.05) is 64.5 Å². The van der Waals surface area contributed by atoms with E-state index in [0.29, 0.717) is 24.5 Å². The highest BCUT2D eigenvalue weighted by molar-refractivity contribution is 7.98. The van der Waals surface area contributed by atoms with Crippen LogP contribution in [0.1, 0.15) is 11.1 Å². The van der Waals surface area contributed by atoms with E-state index in [1.54, 1.807) is 35.5 Å². The molecule has 8 heteroatoms. The summed E-state index contributed by atoms with van der Waals surface area (Å²) in [5, 5.41) is 1.31. The van der Waals surface area contributed by atoms with Gasteiger partial charge in [0.2, 0.25) is 0 Å². The minimum atomic E-state index is -0.0828. The molecule has 0 saturated heterocycles. The fraction of sp³-hybridized carbons (Fsp3) is 0.150. The maximum Gasteiger partial charge on any atom is 0.273 e. The lowest BCUT2D eigenvalue weighted by atomic mass is 10.2. The number of fused-ring (bicyclic) bond motifs is 1. The maximum atomic E-state index is 12.9. The minimum Gasteiger partial charge on any atom is -0.289 e. The zero-order valence-corrected chi connectivity index (χ0v) is 18.4. The summed E-state index contributed by atoms with van der Waals surface area (Å²) in [5.41, 5.74) is 3.76. The van der Waals surface area contributed by atoms with Crippen LogP contribution in [0.25, 0.3) is 16.0 Å². The molecule has 4 nitrogen and oxygen atoms in total. The van der Waals surface area contributed by atoms with E-state index in [1.165, 1.54) is 22.5 Å². The van der Waals surface area contributed by atoms with Crippen molar-refractivity contribution in [2.24, 2.45) is 7.05 Å². The van der Waals surface area contributed by atoms with Crippen molar-refractivity contribution in [1.29, 1.82) is 0 Å². The van der Waals surface area contributed by atoms with Crippen molar-refractivity contribution in [1.82, 2.24) is 14.1 Å². The summed E-state index contributed by atoms with van der Waals surface area (Å²) in [7, 11) is 1.75. The van der Waals surface area contributed by atoms with Crippen LogP contribution in [-0.4, -0.2) is 14.1 Å². The topological polar surface area (TPSA) is 39.8 Å². The number of benzene rings is 2. The summed E-state index contributed by atoms with van der Waals surface area (Å²) >= 11 is 14.4. The van der Waals surface area contributed by atoms with Gasteiger partial charge in [0.25, 0.3) is 5.56 Å². The summed E-state index contributed by atoms with van der Waals surface area (Å²) in [5.74, 6) is 0.735. The van der Waals surface area contributed by atoms with Crippen molar-refractivity contribution >= 4 is 57.3 Å². The zero-order valence-electron chi connectivity index (χ0n) is 15.2. The van der Waals surface area contributed by atoms with E-state index in [9.17, 15) is 4.79 Å². The van der Waals surface area contributed by atoms with Crippen LogP contribution in [0.3, 0.4) is 0 Å². The minimum absolute atomic E-state index is 0.0828. The van der Waals surface area contributed by atoms with Crippen LogP contribution in [0.4, 0.5) is 0 Å². The first-order chi connectivity index (χ1) is 13.4. The van der Waals surface area contributed by atoms with Gasteiger partial charge >= 0.3 is 0 Å². The highest BCUT2D eigenvalue weighted by Gasteiger charge is 2.16. The molecule has 0 spiro atoms. The molecule has 4 rings (SSSR count). The Morgan fingerprint density at radius 2 is 1.96 bits per heavy atom. The normalized spacial score (nSPS) is 11.2. The summed E-state index contributed by atoms with van der Waals surface area (Å²) in [6.07, 6.45) is 0. The highest BCUT2D eigenvalue weighted by atomic mass is 35.5. The fourth-order valence-electron chi connectivity index (χ4n) is 2.91. The number of thiazole rings is 1. The van der Waals surface area contributed by atoms with Crippen molar-refractivity contribution in [3.05, 3.63) is 79.0 Å². The van der Waals surface area contributed by atoms with E-state index in [1.807, 2.05) is 22.8 Å². The largest absolute Gasteiger partial charge is 0.289 e. The molecule has 0 unspecified atom stereocenters. The lowest BCUT2D eigenvalue weighted by molar-refractivity contribution is 0.722. The summed E-state index contributed by atoms with van der Waals surface area (Å²) in [6, 6.07) is 15.7. The first-order valence-electron chi connectivity index (χ1n) is 8.51. The van der Waals surface area contributed by atoms with Crippen molar-refractivity contribution in [3.63, 3.8) is 0 Å². The van der Waals surface area contributed by atoms with Gasteiger partial charge in [0.05, 0.1) is 0 Å². The smallest absolute Gasteiger partial charge is 0.273 e. The molecule has 0 aliphatic heterocycles. The zero-order chi connectivity index (χ0) is 19.8. The molecule has 0 aliphatic rings. The molecule has 0 amide bonds. The predicted molar refractivity (Wildman–Crippen MR) is 121 cm³/mol. The molecular formula is C20H16ClN3OS3. The first kappa shape index (κ1) is 19.4. The van der Waals surface area contributed by atoms with Gasteiger partial charge in [-0.15, -0.1) is 0 Å². The third-order valence-electron chi connectivity index (χ3n) is 4.31. The molecule has 0 aliphatic carbocycles. The van der Waals surface area contributed by atoms with Crippen molar-refractivity contribution in [3.8, 4) is 5.69 Å². The SMILES string of the molecule is Cc1cccc(CSc2nc3c(sc(=S)n3-c3ccc(Cl)cc3)c(=O)n2C)c1. The maximum absolute atomic E-state index is 12.9. The van der Waals surface area contributed by atoms with Crippen LogP contribution >= 0.6 is 46.9 Å². The second-order valence-corrected chi connectivity index (χ2v) is 9.39. The third-order valence-corrected chi connectivity index (χ3v) is 7.01. The fourth-order valence-corrected chi connectivity index (χ4v) is 5.29. The van der Waals surface area contributed by atoms with Crippen LogP contribution < -0.4 is 5.56 Å². The van der Waals surface area contributed by atoms with Gasteiger partial charge in [-0.2, -0.15) is 0 Å². The Morgan fingerprint density at radius 3 is 2.68 bits per heavy atom. The second kappa shape index (κ2) is 7.83. The Labute approximate surface area is 180 Å². The Bertz CT molecular complexity index is 1290. The number of nitrogens with zero attached hydrogens (tertiary/aromatic N) is 3. The van der Waals surface area contributed by atoms with Crippen molar-refractivity contribution in [2.75, 3.05) is 0 Å². The number of aromatic nitrogens is 3.